The van der Waals surface area contributed by atoms with Gasteiger partial charge in [0, 0.05) is 11.8 Å². The Hall–Kier alpha value is -1.26. The third-order valence-electron chi connectivity index (χ3n) is 7.65. The molecule has 4 unspecified atom stereocenters. The lowest BCUT2D eigenvalue weighted by Gasteiger charge is -2.47. The average Bonchev–Trinajstić information content (AvgIpc) is 2.89. The fourth-order valence-corrected chi connectivity index (χ4v) is 5.71. The number of aliphatic hydroxyl groups excluding tert-OH is 1. The summed E-state index contributed by atoms with van der Waals surface area (Å²) in [5, 5.41) is 20.5. The minimum Gasteiger partial charge on any atom is -0.388 e. The Morgan fingerprint density at radius 2 is 2.08 bits per heavy atom. The fourth-order valence-electron chi connectivity index (χ4n) is 5.71. The lowest BCUT2D eigenvalue weighted by Crippen LogP contribution is -2.54. The number of aliphatic hydroxyl groups is 2. The van der Waals surface area contributed by atoms with Crippen molar-refractivity contribution in [3.63, 3.8) is 0 Å². The van der Waals surface area contributed by atoms with Crippen LogP contribution in [0.25, 0.3) is 0 Å². The first-order valence-corrected chi connectivity index (χ1v) is 9.99. The minimum absolute atomic E-state index is 0.239. The van der Waals surface area contributed by atoms with Crippen LogP contribution < -0.4 is 0 Å². The largest absolute Gasteiger partial charge is 0.388 e. The molecule has 0 heterocycles. The summed E-state index contributed by atoms with van der Waals surface area (Å²) in [6.45, 7) is 5.76. The maximum atomic E-state index is 12.3. The zero-order chi connectivity index (χ0) is 19.1. The quantitative estimate of drug-likeness (QED) is 0.737. The second-order valence-corrected chi connectivity index (χ2v) is 8.93. The van der Waals surface area contributed by atoms with Crippen molar-refractivity contribution in [1.82, 2.24) is 0 Å². The molecule has 3 aliphatic carbocycles. The highest BCUT2D eigenvalue weighted by Gasteiger charge is 2.62. The number of carbonyl (C=O) groups is 2. The predicted molar refractivity (Wildman–Crippen MR) is 100 cm³/mol. The molecule has 0 aromatic heterocycles. The van der Waals surface area contributed by atoms with Gasteiger partial charge in [0.05, 0.1) is 0 Å². The molecular weight excluding hydrogens is 328 g/mol. The molecule has 0 spiro atoms. The first-order valence-electron chi connectivity index (χ1n) is 9.99. The number of allylic oxidation sites excluding steroid dienone is 4. The predicted octanol–water partition coefficient (Wildman–Crippen LogP) is 3.37. The van der Waals surface area contributed by atoms with Gasteiger partial charge in [-0.3, -0.25) is 9.59 Å². The third-order valence-corrected chi connectivity index (χ3v) is 7.65. The van der Waals surface area contributed by atoms with Crippen molar-refractivity contribution in [2.24, 2.45) is 23.2 Å². The van der Waals surface area contributed by atoms with Crippen LogP contribution in [-0.4, -0.2) is 34.0 Å². The molecule has 0 aromatic carbocycles. The number of fused-ring (bicyclic) bond motifs is 1. The van der Waals surface area contributed by atoms with Gasteiger partial charge in [-0.05, 0) is 69.3 Å². The Labute approximate surface area is 156 Å². The van der Waals surface area contributed by atoms with E-state index in [-0.39, 0.29) is 11.7 Å². The molecule has 0 aromatic rings. The van der Waals surface area contributed by atoms with E-state index in [1.54, 1.807) is 0 Å². The van der Waals surface area contributed by atoms with Gasteiger partial charge >= 0.3 is 0 Å². The monoisotopic (exact) mass is 360 g/mol. The van der Waals surface area contributed by atoms with Crippen molar-refractivity contribution >= 4 is 11.6 Å². The number of hydrogen-bond donors (Lipinski definition) is 2. The standard InChI is InChI=1S/C22H32O4/c1-14-4-6-17(24)12-16(14)5-7-18-15(2)8-10-21(3)19(18)9-11-22(21,26)20(25)13-23/h8,12,14,18-19,23,26H,4-7,9-11,13H2,1-3H3/t14?,18?,19?,21?,22-/m0/s1. The Bertz CT molecular complexity index is 661. The summed E-state index contributed by atoms with van der Waals surface area (Å²) in [5.74, 6) is 0.817. The zero-order valence-corrected chi connectivity index (χ0v) is 16.3. The van der Waals surface area contributed by atoms with E-state index in [0.29, 0.717) is 31.1 Å². The van der Waals surface area contributed by atoms with E-state index in [1.165, 1.54) is 11.1 Å². The first kappa shape index (κ1) is 19.5. The van der Waals surface area contributed by atoms with Gasteiger partial charge in [0.2, 0.25) is 0 Å². The van der Waals surface area contributed by atoms with Crippen LogP contribution in [0.1, 0.15) is 65.7 Å². The SMILES string of the molecule is CC1=CCC2(C)C(CC[C@]2(O)C(=O)CO)C1CCC1=CC(=O)CCC1C. The number of hydrogen-bond acceptors (Lipinski definition) is 4. The van der Waals surface area contributed by atoms with Crippen LogP contribution in [0.15, 0.2) is 23.3 Å². The second kappa shape index (κ2) is 7.05. The molecule has 4 nitrogen and oxygen atoms in total. The molecular formula is C22H32O4. The molecule has 3 rings (SSSR count). The van der Waals surface area contributed by atoms with Crippen molar-refractivity contribution in [3.05, 3.63) is 23.3 Å². The molecule has 5 atom stereocenters. The Morgan fingerprint density at radius 3 is 2.77 bits per heavy atom. The molecule has 0 bridgehead atoms. The normalized spacial score (nSPS) is 40.0. The van der Waals surface area contributed by atoms with Gasteiger partial charge < -0.3 is 10.2 Å². The first-order chi connectivity index (χ1) is 12.2. The molecule has 0 aliphatic heterocycles. The summed E-state index contributed by atoms with van der Waals surface area (Å²) in [7, 11) is 0. The van der Waals surface area contributed by atoms with E-state index in [0.717, 1.165) is 25.7 Å². The topological polar surface area (TPSA) is 74.6 Å². The minimum atomic E-state index is -1.42. The molecule has 1 saturated carbocycles. The smallest absolute Gasteiger partial charge is 0.190 e. The molecule has 144 valence electrons. The summed E-state index contributed by atoms with van der Waals surface area (Å²) >= 11 is 0. The van der Waals surface area contributed by atoms with Gasteiger partial charge in [0.25, 0.3) is 0 Å². The van der Waals surface area contributed by atoms with E-state index in [4.69, 9.17) is 0 Å². The Morgan fingerprint density at radius 1 is 1.35 bits per heavy atom. The second-order valence-electron chi connectivity index (χ2n) is 8.93. The third kappa shape index (κ3) is 3.01. The van der Waals surface area contributed by atoms with E-state index in [9.17, 15) is 19.8 Å². The Balaban J connectivity index is 1.80. The van der Waals surface area contributed by atoms with Crippen LogP contribution in [-0.2, 0) is 9.59 Å². The van der Waals surface area contributed by atoms with E-state index in [1.807, 2.05) is 13.0 Å². The summed E-state index contributed by atoms with van der Waals surface area (Å²) in [5.41, 5.74) is 0.652. The van der Waals surface area contributed by atoms with Crippen LogP contribution in [0, 0.1) is 23.2 Å². The van der Waals surface area contributed by atoms with E-state index < -0.39 is 23.4 Å². The summed E-state index contributed by atoms with van der Waals surface area (Å²) in [4.78, 5) is 24.1. The fraction of sp³-hybridized carbons (Fsp3) is 0.727. The average molecular weight is 360 g/mol. The summed E-state index contributed by atoms with van der Waals surface area (Å²) < 4.78 is 0. The van der Waals surface area contributed by atoms with E-state index in [2.05, 4.69) is 19.9 Å². The lowest BCUT2D eigenvalue weighted by molar-refractivity contribution is -0.155. The van der Waals surface area contributed by atoms with Crippen molar-refractivity contribution < 1.29 is 19.8 Å². The number of rotatable bonds is 5. The molecule has 26 heavy (non-hydrogen) atoms. The molecule has 0 saturated heterocycles. The van der Waals surface area contributed by atoms with Crippen LogP contribution in [0.2, 0.25) is 0 Å². The van der Waals surface area contributed by atoms with Crippen LogP contribution in [0.5, 0.6) is 0 Å². The van der Waals surface area contributed by atoms with Crippen molar-refractivity contribution in [3.8, 4) is 0 Å². The highest BCUT2D eigenvalue weighted by Crippen LogP contribution is 2.60. The number of ketones is 2. The van der Waals surface area contributed by atoms with Crippen molar-refractivity contribution in [2.75, 3.05) is 6.61 Å². The van der Waals surface area contributed by atoms with Gasteiger partial charge in [-0.2, -0.15) is 0 Å². The van der Waals surface area contributed by atoms with Crippen molar-refractivity contribution in [1.29, 1.82) is 0 Å². The van der Waals surface area contributed by atoms with Gasteiger partial charge in [0.15, 0.2) is 11.6 Å². The van der Waals surface area contributed by atoms with Crippen LogP contribution >= 0.6 is 0 Å². The number of Topliss-reactive ketones (excluding diaryl/α,β-unsaturated/α-hetero) is 1. The van der Waals surface area contributed by atoms with Crippen molar-refractivity contribution in [2.45, 2.75) is 71.3 Å². The van der Waals surface area contributed by atoms with Gasteiger partial charge in [-0.15, -0.1) is 0 Å². The van der Waals surface area contributed by atoms with Crippen LogP contribution in [0.4, 0.5) is 0 Å². The van der Waals surface area contributed by atoms with Crippen LogP contribution in [0.3, 0.4) is 0 Å². The Kier molecular flexibility index (Phi) is 5.28. The van der Waals surface area contributed by atoms with Gasteiger partial charge in [0.1, 0.15) is 12.2 Å². The van der Waals surface area contributed by atoms with Gasteiger partial charge in [-0.25, -0.2) is 0 Å². The van der Waals surface area contributed by atoms with Gasteiger partial charge in [-0.1, -0.05) is 31.1 Å². The summed E-state index contributed by atoms with van der Waals surface area (Å²) in [6, 6.07) is 0. The maximum absolute atomic E-state index is 12.3. The maximum Gasteiger partial charge on any atom is 0.190 e. The molecule has 2 N–H and O–H groups in total. The molecule has 0 radical (unpaired) electrons. The lowest BCUT2D eigenvalue weighted by atomic mass is 9.58. The highest BCUT2D eigenvalue weighted by atomic mass is 16.3. The molecule has 4 heteroatoms. The number of carbonyl (C=O) groups excluding carboxylic acids is 2. The molecule has 1 fully saturated rings. The highest BCUT2D eigenvalue weighted by molar-refractivity contribution is 5.91. The van der Waals surface area contributed by atoms with E-state index >= 15 is 0 Å². The molecule has 0 amide bonds. The summed E-state index contributed by atoms with van der Waals surface area (Å²) in [6.07, 6.45) is 9.39. The zero-order valence-electron chi connectivity index (χ0n) is 16.3. The molecule has 3 aliphatic rings.